The first-order chi connectivity index (χ1) is 16.8. The second-order valence-corrected chi connectivity index (χ2v) is 12.9. The van der Waals surface area contributed by atoms with Crippen LogP contribution in [0.3, 0.4) is 0 Å². The molecule has 1 aliphatic carbocycles. The first kappa shape index (κ1) is 24.9. The van der Waals surface area contributed by atoms with Gasteiger partial charge < -0.3 is 19.8 Å². The molecule has 2 saturated heterocycles. The number of aliphatic hydroxyl groups is 1. The maximum Gasteiger partial charge on any atom is 0.247 e. The molecule has 0 aromatic rings. The van der Waals surface area contributed by atoms with E-state index in [1.807, 2.05) is 16.7 Å². The van der Waals surface area contributed by atoms with E-state index in [0.717, 1.165) is 32.1 Å². The molecule has 7 nitrogen and oxygen atoms in total. The average Bonchev–Trinajstić information content (AvgIpc) is 3.13. The van der Waals surface area contributed by atoms with Crippen molar-refractivity contribution in [2.24, 2.45) is 11.8 Å². The van der Waals surface area contributed by atoms with E-state index in [4.69, 9.17) is 0 Å². The number of rotatable bonds is 5. The fourth-order valence-corrected chi connectivity index (χ4v) is 9.43. The van der Waals surface area contributed by atoms with E-state index in [1.54, 1.807) is 16.7 Å². The van der Waals surface area contributed by atoms with Crippen molar-refractivity contribution in [3.05, 3.63) is 24.3 Å². The van der Waals surface area contributed by atoms with Gasteiger partial charge in [-0.25, -0.2) is 0 Å². The van der Waals surface area contributed by atoms with Crippen LogP contribution in [0.1, 0.15) is 59.3 Å². The molecule has 6 atom stereocenters. The molecule has 5 rings (SSSR count). The highest BCUT2D eigenvalue weighted by Gasteiger charge is 2.74. The largest absolute Gasteiger partial charge is 0.394 e. The molecule has 8 heteroatoms. The highest BCUT2D eigenvalue weighted by Crippen LogP contribution is 2.65. The molecule has 1 N–H and O–H groups in total. The van der Waals surface area contributed by atoms with Crippen molar-refractivity contribution in [2.45, 2.75) is 86.9 Å². The number of thioether (sulfide) groups is 1. The number of carbonyl (C=O) groups excluding carboxylic acids is 3. The second kappa shape index (κ2) is 9.25. The average molecular weight is 502 g/mol. The van der Waals surface area contributed by atoms with Crippen molar-refractivity contribution in [1.82, 2.24) is 14.7 Å². The van der Waals surface area contributed by atoms with Crippen LogP contribution in [-0.4, -0.2) is 91.4 Å². The van der Waals surface area contributed by atoms with E-state index in [0.29, 0.717) is 19.6 Å². The van der Waals surface area contributed by atoms with E-state index in [-0.39, 0.29) is 30.4 Å². The Kier molecular flexibility index (Phi) is 6.58. The van der Waals surface area contributed by atoms with Gasteiger partial charge in [0.25, 0.3) is 0 Å². The van der Waals surface area contributed by atoms with E-state index < -0.39 is 33.4 Å². The lowest BCUT2D eigenvalue weighted by molar-refractivity contribution is -0.147. The molecule has 35 heavy (non-hydrogen) atoms. The summed E-state index contributed by atoms with van der Waals surface area (Å²) in [6.07, 6.45) is 14.6. The molecule has 4 aliphatic heterocycles. The molecule has 1 saturated carbocycles. The summed E-state index contributed by atoms with van der Waals surface area (Å²) in [5, 5.41) is 10.1. The first-order valence-corrected chi connectivity index (χ1v) is 14.2. The summed E-state index contributed by atoms with van der Waals surface area (Å²) in [5.74, 6) is -1.35. The molecule has 4 heterocycles. The number of aliphatic hydroxyl groups excluding tert-OH is 1. The molecule has 0 radical (unpaired) electrons. The number of fused-ring (bicyclic) bond motifs is 2. The molecule has 0 aromatic carbocycles. The van der Waals surface area contributed by atoms with Crippen LogP contribution in [0.25, 0.3) is 0 Å². The number of carbonyl (C=O) groups is 3. The normalized spacial score (nSPS) is 38.3. The standard InChI is InChI=1S/C27H39N3O4S/c1-4-14-28-15-8-12-26(3)20(23(28)32)21-24(33)30(18(2)17-31)22-25(34)29(19-10-6-5-7-11-19)16-9-13-27(21,22)35-26/h8-9,12-13,18-22,31H,4-7,10-11,14-17H2,1-3H3/t18-,20+,21+,22?,26-,27+/m1/s1. The topological polar surface area (TPSA) is 81.2 Å². The van der Waals surface area contributed by atoms with Gasteiger partial charge >= 0.3 is 0 Å². The maximum absolute atomic E-state index is 14.3. The van der Waals surface area contributed by atoms with Crippen molar-refractivity contribution < 1.29 is 19.5 Å². The predicted octanol–water partition coefficient (Wildman–Crippen LogP) is 2.59. The third-order valence-electron chi connectivity index (χ3n) is 8.86. The summed E-state index contributed by atoms with van der Waals surface area (Å²) in [4.78, 5) is 48.0. The SMILES string of the molecule is CCCN1CC=C[C@@]2(C)S[C@]34C=CCN(C5CCCCC5)C(=O)C3N([C@H](C)CO)C(=O)[C@@H]4[C@H]2C1=O. The summed E-state index contributed by atoms with van der Waals surface area (Å²) in [5.41, 5.74) is 0. The van der Waals surface area contributed by atoms with Gasteiger partial charge in [-0.05, 0) is 33.1 Å². The van der Waals surface area contributed by atoms with E-state index in [2.05, 4.69) is 38.2 Å². The lowest BCUT2D eigenvalue weighted by Gasteiger charge is -2.41. The van der Waals surface area contributed by atoms with E-state index >= 15 is 0 Å². The molecule has 192 valence electrons. The number of hydrogen-bond donors (Lipinski definition) is 1. The smallest absolute Gasteiger partial charge is 0.247 e. The van der Waals surface area contributed by atoms with Crippen LogP contribution in [0.5, 0.6) is 0 Å². The lowest BCUT2D eigenvalue weighted by atomic mass is 9.74. The highest BCUT2D eigenvalue weighted by atomic mass is 32.2. The minimum atomic E-state index is -0.824. The van der Waals surface area contributed by atoms with E-state index in [9.17, 15) is 19.5 Å². The number of likely N-dealkylation sites (tertiary alicyclic amines) is 1. The van der Waals surface area contributed by atoms with Crippen molar-refractivity contribution in [1.29, 1.82) is 0 Å². The number of nitrogens with zero attached hydrogens (tertiary/aromatic N) is 3. The number of amides is 3. The second-order valence-electron chi connectivity index (χ2n) is 11.1. The van der Waals surface area contributed by atoms with Gasteiger partial charge in [0.2, 0.25) is 17.7 Å². The Morgan fingerprint density at radius 3 is 2.43 bits per heavy atom. The Bertz CT molecular complexity index is 947. The van der Waals surface area contributed by atoms with Crippen molar-refractivity contribution >= 4 is 29.5 Å². The minimum Gasteiger partial charge on any atom is -0.394 e. The molecule has 3 fully saturated rings. The number of hydrogen-bond acceptors (Lipinski definition) is 5. The van der Waals surface area contributed by atoms with Crippen molar-refractivity contribution in [3.8, 4) is 0 Å². The Morgan fingerprint density at radius 1 is 1.03 bits per heavy atom. The fourth-order valence-electron chi connectivity index (χ4n) is 7.28. The monoisotopic (exact) mass is 501 g/mol. The van der Waals surface area contributed by atoms with Crippen LogP contribution in [0.2, 0.25) is 0 Å². The summed E-state index contributed by atoms with van der Waals surface area (Å²) >= 11 is 1.62. The van der Waals surface area contributed by atoms with Gasteiger partial charge in [-0.15, -0.1) is 11.8 Å². The van der Waals surface area contributed by atoms with Crippen LogP contribution < -0.4 is 0 Å². The van der Waals surface area contributed by atoms with Gasteiger partial charge in [0.05, 0.1) is 29.2 Å². The summed E-state index contributed by atoms with van der Waals surface area (Å²) in [6, 6.07) is -1.02. The van der Waals surface area contributed by atoms with Gasteiger partial charge in [0.15, 0.2) is 0 Å². The summed E-state index contributed by atoms with van der Waals surface area (Å²) < 4.78 is -1.40. The first-order valence-electron chi connectivity index (χ1n) is 13.4. The zero-order chi connectivity index (χ0) is 25.0. The third kappa shape index (κ3) is 3.69. The van der Waals surface area contributed by atoms with Gasteiger partial charge in [0, 0.05) is 30.4 Å². The van der Waals surface area contributed by atoms with Crippen molar-refractivity contribution in [3.63, 3.8) is 0 Å². The van der Waals surface area contributed by atoms with Crippen LogP contribution >= 0.6 is 11.8 Å². The fraction of sp³-hybridized carbons (Fsp3) is 0.741. The zero-order valence-corrected chi connectivity index (χ0v) is 22.0. The van der Waals surface area contributed by atoms with Gasteiger partial charge in [0.1, 0.15) is 6.04 Å². The van der Waals surface area contributed by atoms with Gasteiger partial charge in [-0.1, -0.05) is 50.5 Å². The Balaban J connectivity index is 1.61. The van der Waals surface area contributed by atoms with E-state index in [1.165, 1.54) is 6.42 Å². The van der Waals surface area contributed by atoms with Gasteiger partial charge in [-0.3, -0.25) is 14.4 Å². The van der Waals surface area contributed by atoms with Gasteiger partial charge in [-0.2, -0.15) is 0 Å². The van der Waals surface area contributed by atoms with Crippen LogP contribution in [0, 0.1) is 11.8 Å². The maximum atomic E-state index is 14.3. The lowest BCUT2D eigenvalue weighted by Crippen LogP contribution is -2.57. The van der Waals surface area contributed by atoms with Crippen LogP contribution in [-0.2, 0) is 14.4 Å². The Morgan fingerprint density at radius 2 is 1.74 bits per heavy atom. The highest BCUT2D eigenvalue weighted by molar-refractivity contribution is 8.02. The Hall–Kier alpha value is -1.80. The minimum absolute atomic E-state index is 0.00793. The molecule has 0 bridgehead atoms. The summed E-state index contributed by atoms with van der Waals surface area (Å²) in [6.45, 7) is 7.45. The molecule has 0 aromatic heterocycles. The zero-order valence-electron chi connectivity index (χ0n) is 21.2. The van der Waals surface area contributed by atoms with Crippen molar-refractivity contribution in [2.75, 3.05) is 26.2 Å². The molecular weight excluding hydrogens is 462 g/mol. The predicted molar refractivity (Wildman–Crippen MR) is 137 cm³/mol. The quantitative estimate of drug-likeness (QED) is 0.586. The molecule has 3 amide bonds. The molecular formula is C27H39N3O4S. The Labute approximate surface area is 213 Å². The third-order valence-corrected chi connectivity index (χ3v) is 10.7. The molecule has 1 unspecified atom stereocenters. The summed E-state index contributed by atoms with van der Waals surface area (Å²) in [7, 11) is 0. The van der Waals surface area contributed by atoms with Crippen LogP contribution in [0.15, 0.2) is 24.3 Å². The van der Waals surface area contributed by atoms with Crippen LogP contribution in [0.4, 0.5) is 0 Å². The molecule has 5 aliphatic rings. The molecule has 1 spiro atoms.